The lowest BCUT2D eigenvalue weighted by atomic mass is 9.90. The van der Waals surface area contributed by atoms with E-state index in [0.717, 1.165) is 0 Å². The third kappa shape index (κ3) is 3.66. The normalized spacial score (nSPS) is 13.3. The van der Waals surface area contributed by atoms with Crippen molar-refractivity contribution < 1.29 is 27.4 Å². The molecule has 2 aromatic carbocycles. The lowest BCUT2D eigenvalue weighted by Crippen LogP contribution is -2.30. The molecule has 0 saturated heterocycles. The highest BCUT2D eigenvalue weighted by atomic mass is 19.3. The minimum atomic E-state index is -2.97. The van der Waals surface area contributed by atoms with Crippen LogP contribution in [-0.4, -0.2) is 25.7 Å². The van der Waals surface area contributed by atoms with Crippen molar-refractivity contribution in [3.63, 3.8) is 0 Å². The fraction of sp³-hybridized carbons (Fsp3) is 0.211. The standard InChI is InChI=1S/C19H16F3NO3/c1-2-23-18(24)15-10-25-16-8-7-13(26-19(21)22)9-14(16)17(15)11-3-5-12(20)6-4-11/h3-9,19H,2,10H2,1H3,(H,23,24). The molecule has 1 aliphatic heterocycles. The molecular weight excluding hydrogens is 347 g/mol. The Labute approximate surface area is 148 Å². The topological polar surface area (TPSA) is 47.6 Å². The summed E-state index contributed by atoms with van der Waals surface area (Å²) < 4.78 is 48.5. The van der Waals surface area contributed by atoms with Gasteiger partial charge in [0.1, 0.15) is 23.9 Å². The SMILES string of the molecule is CCNC(=O)C1=C(c2ccc(F)cc2)c2cc(OC(F)F)ccc2OC1. The first-order chi connectivity index (χ1) is 12.5. The molecule has 0 unspecified atom stereocenters. The molecule has 0 fully saturated rings. The van der Waals surface area contributed by atoms with Gasteiger partial charge in [-0.15, -0.1) is 0 Å². The van der Waals surface area contributed by atoms with Gasteiger partial charge in [-0.1, -0.05) is 12.1 Å². The van der Waals surface area contributed by atoms with E-state index in [1.807, 2.05) is 0 Å². The van der Waals surface area contributed by atoms with Crippen LogP contribution < -0.4 is 14.8 Å². The van der Waals surface area contributed by atoms with Gasteiger partial charge in [0.05, 0.1) is 5.57 Å². The Bertz CT molecular complexity index is 848. The van der Waals surface area contributed by atoms with E-state index >= 15 is 0 Å². The molecule has 0 radical (unpaired) electrons. The minimum Gasteiger partial charge on any atom is -0.488 e. The van der Waals surface area contributed by atoms with E-state index in [-0.39, 0.29) is 18.3 Å². The van der Waals surface area contributed by atoms with Gasteiger partial charge >= 0.3 is 6.61 Å². The molecule has 1 aliphatic rings. The number of carbonyl (C=O) groups is 1. The number of benzene rings is 2. The lowest BCUT2D eigenvalue weighted by molar-refractivity contribution is -0.117. The van der Waals surface area contributed by atoms with Crippen molar-refractivity contribution in [1.29, 1.82) is 0 Å². The maximum Gasteiger partial charge on any atom is 0.387 e. The first kappa shape index (κ1) is 17.8. The molecule has 1 N–H and O–H groups in total. The van der Waals surface area contributed by atoms with Crippen LogP contribution in [0.3, 0.4) is 0 Å². The van der Waals surface area contributed by atoms with Crippen molar-refractivity contribution in [2.24, 2.45) is 0 Å². The van der Waals surface area contributed by atoms with Gasteiger partial charge in [-0.05, 0) is 42.8 Å². The Morgan fingerprint density at radius 1 is 1.23 bits per heavy atom. The van der Waals surface area contributed by atoms with E-state index in [4.69, 9.17) is 4.74 Å². The highest BCUT2D eigenvalue weighted by Crippen LogP contribution is 2.39. The van der Waals surface area contributed by atoms with Crippen molar-refractivity contribution >= 4 is 11.5 Å². The molecule has 136 valence electrons. The molecule has 0 atom stereocenters. The smallest absolute Gasteiger partial charge is 0.387 e. The average Bonchev–Trinajstić information content (AvgIpc) is 2.61. The zero-order chi connectivity index (χ0) is 18.7. The summed E-state index contributed by atoms with van der Waals surface area (Å²) in [6, 6.07) is 9.85. The number of ether oxygens (including phenoxy) is 2. The summed E-state index contributed by atoms with van der Waals surface area (Å²) >= 11 is 0. The highest BCUT2D eigenvalue weighted by Gasteiger charge is 2.26. The highest BCUT2D eigenvalue weighted by molar-refractivity contribution is 6.06. The molecule has 1 amide bonds. The van der Waals surface area contributed by atoms with Crippen molar-refractivity contribution in [3.05, 3.63) is 65.0 Å². The number of amides is 1. The second-order valence-corrected chi connectivity index (χ2v) is 5.55. The lowest BCUT2D eigenvalue weighted by Gasteiger charge is -2.24. The van der Waals surface area contributed by atoms with Gasteiger partial charge in [-0.3, -0.25) is 4.79 Å². The summed E-state index contributed by atoms with van der Waals surface area (Å²) in [6.45, 7) is -0.762. The van der Waals surface area contributed by atoms with Crippen LogP contribution in [0.1, 0.15) is 18.1 Å². The van der Waals surface area contributed by atoms with Crippen LogP contribution in [0.15, 0.2) is 48.0 Å². The summed E-state index contributed by atoms with van der Waals surface area (Å²) in [5.74, 6) is -0.383. The number of fused-ring (bicyclic) bond motifs is 1. The number of hydrogen-bond donors (Lipinski definition) is 1. The number of halogens is 3. The Morgan fingerprint density at radius 3 is 2.62 bits per heavy atom. The summed E-state index contributed by atoms with van der Waals surface area (Å²) in [4.78, 5) is 12.4. The molecule has 0 bridgehead atoms. The third-order valence-corrected chi connectivity index (χ3v) is 3.86. The predicted molar refractivity (Wildman–Crippen MR) is 89.7 cm³/mol. The molecule has 0 spiro atoms. The molecule has 0 saturated carbocycles. The molecule has 7 heteroatoms. The van der Waals surface area contributed by atoms with Crippen LogP contribution in [0.4, 0.5) is 13.2 Å². The zero-order valence-corrected chi connectivity index (χ0v) is 13.9. The van der Waals surface area contributed by atoms with Gasteiger partial charge in [-0.25, -0.2) is 4.39 Å². The largest absolute Gasteiger partial charge is 0.488 e. The van der Waals surface area contributed by atoms with E-state index in [1.165, 1.54) is 42.5 Å². The number of carbonyl (C=O) groups excluding carboxylic acids is 1. The van der Waals surface area contributed by atoms with Crippen LogP contribution in [0.5, 0.6) is 11.5 Å². The number of likely N-dealkylation sites (N-methyl/N-ethyl adjacent to an activating group) is 1. The monoisotopic (exact) mass is 363 g/mol. The van der Waals surface area contributed by atoms with Crippen molar-refractivity contribution in [2.45, 2.75) is 13.5 Å². The van der Waals surface area contributed by atoms with E-state index in [9.17, 15) is 18.0 Å². The Kier molecular flexibility index (Phi) is 5.16. The van der Waals surface area contributed by atoms with E-state index in [2.05, 4.69) is 10.1 Å². The Morgan fingerprint density at radius 2 is 1.96 bits per heavy atom. The van der Waals surface area contributed by atoms with Gasteiger partial charge < -0.3 is 14.8 Å². The quantitative estimate of drug-likeness (QED) is 0.880. The van der Waals surface area contributed by atoms with Gasteiger partial charge in [0.25, 0.3) is 5.91 Å². The number of rotatable bonds is 5. The first-order valence-electron chi connectivity index (χ1n) is 7.99. The van der Waals surface area contributed by atoms with E-state index < -0.39 is 12.4 Å². The van der Waals surface area contributed by atoms with Crippen molar-refractivity contribution in [1.82, 2.24) is 5.32 Å². The van der Waals surface area contributed by atoms with Crippen LogP contribution in [0, 0.1) is 5.82 Å². The van der Waals surface area contributed by atoms with Gasteiger partial charge in [0.2, 0.25) is 0 Å². The number of nitrogens with one attached hydrogen (secondary N) is 1. The number of alkyl halides is 2. The van der Waals surface area contributed by atoms with Crippen LogP contribution >= 0.6 is 0 Å². The molecule has 26 heavy (non-hydrogen) atoms. The van der Waals surface area contributed by atoms with Gasteiger partial charge in [0, 0.05) is 17.7 Å². The first-order valence-corrected chi connectivity index (χ1v) is 7.99. The average molecular weight is 363 g/mol. The van der Waals surface area contributed by atoms with Crippen LogP contribution in [0.2, 0.25) is 0 Å². The van der Waals surface area contributed by atoms with E-state index in [1.54, 1.807) is 6.92 Å². The molecular formula is C19H16F3NO3. The predicted octanol–water partition coefficient (Wildman–Crippen LogP) is 3.76. The zero-order valence-electron chi connectivity index (χ0n) is 13.9. The maximum absolute atomic E-state index is 13.3. The molecule has 4 nitrogen and oxygen atoms in total. The number of hydrogen-bond acceptors (Lipinski definition) is 3. The van der Waals surface area contributed by atoms with Crippen molar-refractivity contribution in [3.8, 4) is 11.5 Å². The molecule has 0 aliphatic carbocycles. The second kappa shape index (κ2) is 7.51. The fourth-order valence-electron chi connectivity index (χ4n) is 2.78. The molecule has 0 aromatic heterocycles. The van der Waals surface area contributed by atoms with Crippen LogP contribution in [-0.2, 0) is 4.79 Å². The summed E-state index contributed by atoms with van der Waals surface area (Å²) in [5.41, 5.74) is 1.84. The summed E-state index contributed by atoms with van der Waals surface area (Å²) in [6.07, 6.45) is 0. The van der Waals surface area contributed by atoms with Gasteiger partial charge in [0.15, 0.2) is 0 Å². The Balaban J connectivity index is 2.17. The molecule has 3 rings (SSSR count). The minimum absolute atomic E-state index is 0.0145. The second-order valence-electron chi connectivity index (χ2n) is 5.55. The van der Waals surface area contributed by atoms with Crippen LogP contribution in [0.25, 0.3) is 5.57 Å². The Hall–Kier alpha value is -2.96. The summed E-state index contributed by atoms with van der Waals surface area (Å²) in [5, 5.41) is 2.70. The fourth-order valence-corrected chi connectivity index (χ4v) is 2.78. The molecule has 2 aromatic rings. The van der Waals surface area contributed by atoms with E-state index in [0.29, 0.717) is 34.6 Å². The maximum atomic E-state index is 13.3. The third-order valence-electron chi connectivity index (χ3n) is 3.86. The van der Waals surface area contributed by atoms with Gasteiger partial charge in [-0.2, -0.15) is 8.78 Å². The van der Waals surface area contributed by atoms with Crippen molar-refractivity contribution in [2.75, 3.05) is 13.2 Å². The summed E-state index contributed by atoms with van der Waals surface area (Å²) in [7, 11) is 0. The molecule has 1 heterocycles.